The van der Waals surface area contributed by atoms with Gasteiger partial charge in [0.2, 0.25) is 5.91 Å². The molecular weight excluding hydrogens is 376 g/mol. The van der Waals surface area contributed by atoms with Gasteiger partial charge >= 0.3 is 0 Å². The van der Waals surface area contributed by atoms with Crippen LogP contribution in [-0.2, 0) is 4.79 Å². The van der Waals surface area contributed by atoms with Crippen molar-refractivity contribution in [2.75, 3.05) is 32.8 Å². The van der Waals surface area contributed by atoms with Gasteiger partial charge in [-0.05, 0) is 37.1 Å². The lowest BCUT2D eigenvalue weighted by atomic mass is 10.1. The summed E-state index contributed by atoms with van der Waals surface area (Å²) in [7, 11) is 0. The summed E-state index contributed by atoms with van der Waals surface area (Å²) < 4.78 is 5.63. The molecule has 1 aliphatic rings. The van der Waals surface area contributed by atoms with Gasteiger partial charge in [0.05, 0.1) is 11.6 Å². The summed E-state index contributed by atoms with van der Waals surface area (Å²) in [5.41, 5.74) is 1.71. The minimum absolute atomic E-state index is 0.0401. The molecule has 148 valence electrons. The first-order valence-electron chi connectivity index (χ1n) is 9.56. The Hall–Kier alpha value is -2.53. The number of carbonyl (C=O) groups is 2. The second-order valence-electron chi connectivity index (χ2n) is 6.87. The predicted molar refractivity (Wildman–Crippen MR) is 110 cm³/mol. The maximum absolute atomic E-state index is 12.7. The first-order valence-corrected chi connectivity index (χ1v) is 9.94. The molecule has 0 aromatic heterocycles. The molecule has 0 N–H and O–H groups in total. The number of hydrogen-bond donors (Lipinski definition) is 0. The minimum Gasteiger partial charge on any atom is -0.492 e. The van der Waals surface area contributed by atoms with Gasteiger partial charge in [0.1, 0.15) is 5.75 Å². The van der Waals surface area contributed by atoms with Crippen LogP contribution in [0.1, 0.15) is 28.8 Å². The van der Waals surface area contributed by atoms with Gasteiger partial charge in [-0.1, -0.05) is 41.9 Å². The fourth-order valence-corrected chi connectivity index (χ4v) is 3.46. The Kier molecular flexibility index (Phi) is 6.93. The monoisotopic (exact) mass is 400 g/mol. The highest BCUT2D eigenvalue weighted by Gasteiger charge is 2.25. The normalized spacial score (nSPS) is 14.1. The van der Waals surface area contributed by atoms with E-state index in [1.165, 1.54) is 0 Å². The molecule has 1 aliphatic heterocycles. The number of piperazine rings is 1. The van der Waals surface area contributed by atoms with Crippen molar-refractivity contribution in [1.82, 2.24) is 9.80 Å². The molecule has 0 radical (unpaired) electrons. The lowest BCUT2D eigenvalue weighted by molar-refractivity contribution is -0.132. The number of hydrogen-bond acceptors (Lipinski definition) is 3. The molecule has 3 rings (SSSR count). The molecule has 0 bridgehead atoms. The van der Waals surface area contributed by atoms with Crippen molar-refractivity contribution in [2.24, 2.45) is 0 Å². The van der Waals surface area contributed by atoms with Gasteiger partial charge in [0.15, 0.2) is 0 Å². The fourth-order valence-electron chi connectivity index (χ4n) is 3.27. The van der Waals surface area contributed by atoms with Crippen LogP contribution in [0, 0.1) is 6.92 Å². The van der Waals surface area contributed by atoms with Gasteiger partial charge in [-0.15, -0.1) is 0 Å². The van der Waals surface area contributed by atoms with Crippen molar-refractivity contribution < 1.29 is 14.3 Å². The molecule has 1 saturated heterocycles. The first-order chi connectivity index (χ1) is 13.6. The third-order valence-electron chi connectivity index (χ3n) is 4.92. The molecule has 0 aliphatic carbocycles. The van der Waals surface area contributed by atoms with Crippen molar-refractivity contribution in [1.29, 1.82) is 0 Å². The number of halogens is 1. The molecule has 28 heavy (non-hydrogen) atoms. The molecule has 1 fully saturated rings. The average molecular weight is 401 g/mol. The van der Waals surface area contributed by atoms with Gasteiger partial charge in [-0.2, -0.15) is 0 Å². The van der Waals surface area contributed by atoms with Crippen molar-refractivity contribution in [3.63, 3.8) is 0 Å². The number of para-hydroxylation sites is 1. The SMILES string of the molecule is Cc1ccccc1C(=O)N1CCN(C(=O)CCCOc2ccccc2Cl)CC1. The van der Waals surface area contributed by atoms with E-state index in [4.69, 9.17) is 16.3 Å². The Morgan fingerprint density at radius 2 is 1.61 bits per heavy atom. The highest BCUT2D eigenvalue weighted by atomic mass is 35.5. The lowest BCUT2D eigenvalue weighted by Gasteiger charge is -2.35. The molecule has 6 heteroatoms. The Morgan fingerprint density at radius 3 is 2.32 bits per heavy atom. The molecule has 5 nitrogen and oxygen atoms in total. The van der Waals surface area contributed by atoms with Crippen molar-refractivity contribution in [3.8, 4) is 5.75 Å². The van der Waals surface area contributed by atoms with E-state index < -0.39 is 0 Å². The number of carbonyl (C=O) groups excluding carboxylic acids is 2. The van der Waals surface area contributed by atoms with Crippen LogP contribution in [0.15, 0.2) is 48.5 Å². The predicted octanol–water partition coefficient (Wildman–Crippen LogP) is 3.79. The number of ether oxygens (including phenoxy) is 1. The average Bonchev–Trinajstić information content (AvgIpc) is 2.72. The molecular formula is C22H25ClN2O3. The second-order valence-corrected chi connectivity index (χ2v) is 7.28. The molecule has 0 atom stereocenters. The van der Waals surface area contributed by atoms with E-state index in [1.807, 2.05) is 59.2 Å². The number of rotatable bonds is 6. The van der Waals surface area contributed by atoms with Gasteiger partial charge in [0, 0.05) is 38.2 Å². The Balaban J connectivity index is 1.41. The highest BCUT2D eigenvalue weighted by molar-refractivity contribution is 6.32. The van der Waals surface area contributed by atoms with E-state index in [9.17, 15) is 9.59 Å². The van der Waals surface area contributed by atoms with Crippen LogP contribution in [0.2, 0.25) is 5.02 Å². The van der Waals surface area contributed by atoms with Crippen LogP contribution < -0.4 is 4.74 Å². The van der Waals surface area contributed by atoms with Crippen molar-refractivity contribution >= 4 is 23.4 Å². The van der Waals surface area contributed by atoms with E-state index in [-0.39, 0.29) is 11.8 Å². The van der Waals surface area contributed by atoms with Crippen molar-refractivity contribution in [2.45, 2.75) is 19.8 Å². The smallest absolute Gasteiger partial charge is 0.254 e. The molecule has 1 heterocycles. The van der Waals surface area contributed by atoms with Gasteiger partial charge in [-0.3, -0.25) is 9.59 Å². The summed E-state index contributed by atoms with van der Waals surface area (Å²) in [6, 6.07) is 14.9. The fraction of sp³-hybridized carbons (Fsp3) is 0.364. The van der Waals surface area contributed by atoms with Gasteiger partial charge in [-0.25, -0.2) is 0 Å². The number of benzene rings is 2. The zero-order chi connectivity index (χ0) is 19.9. The quantitative estimate of drug-likeness (QED) is 0.693. The zero-order valence-electron chi connectivity index (χ0n) is 16.1. The van der Waals surface area contributed by atoms with E-state index >= 15 is 0 Å². The first kappa shape index (κ1) is 20.2. The second kappa shape index (κ2) is 9.60. The van der Waals surface area contributed by atoms with E-state index in [1.54, 1.807) is 6.07 Å². The van der Waals surface area contributed by atoms with Crippen LogP contribution in [0.3, 0.4) is 0 Å². The highest BCUT2D eigenvalue weighted by Crippen LogP contribution is 2.23. The summed E-state index contributed by atoms with van der Waals surface area (Å²) in [6.07, 6.45) is 1.06. The van der Waals surface area contributed by atoms with Gasteiger partial charge < -0.3 is 14.5 Å². The van der Waals surface area contributed by atoms with Crippen LogP contribution in [0.25, 0.3) is 0 Å². The minimum atomic E-state index is 0.0401. The maximum atomic E-state index is 12.7. The Morgan fingerprint density at radius 1 is 0.964 bits per heavy atom. The van der Waals surface area contributed by atoms with Crippen molar-refractivity contribution in [3.05, 3.63) is 64.7 Å². The van der Waals surface area contributed by atoms with Gasteiger partial charge in [0.25, 0.3) is 5.91 Å². The van der Waals surface area contributed by atoms with Crippen LogP contribution >= 0.6 is 11.6 Å². The number of aryl methyl sites for hydroxylation is 1. The number of amides is 2. The summed E-state index contributed by atoms with van der Waals surface area (Å²) in [5, 5.41) is 0.572. The van der Waals surface area contributed by atoms with E-state index in [0.29, 0.717) is 56.4 Å². The third-order valence-corrected chi connectivity index (χ3v) is 5.24. The topological polar surface area (TPSA) is 49.9 Å². The zero-order valence-corrected chi connectivity index (χ0v) is 16.8. The Labute approximate surface area is 170 Å². The lowest BCUT2D eigenvalue weighted by Crippen LogP contribution is -2.50. The molecule has 2 amide bonds. The molecule has 2 aromatic rings. The molecule has 2 aromatic carbocycles. The summed E-state index contributed by atoms with van der Waals surface area (Å²) in [5.74, 6) is 0.782. The Bertz CT molecular complexity index is 832. The standard InChI is InChI=1S/C22H25ClN2O3/c1-17-7-2-3-8-18(17)22(27)25-14-12-24(13-15-25)21(26)11-6-16-28-20-10-5-4-9-19(20)23/h2-5,7-10H,6,11-16H2,1H3. The molecule has 0 saturated carbocycles. The number of nitrogens with zero attached hydrogens (tertiary/aromatic N) is 2. The summed E-state index contributed by atoms with van der Waals surface area (Å²) >= 11 is 6.05. The third kappa shape index (κ3) is 5.04. The van der Waals surface area contributed by atoms with E-state index in [0.717, 1.165) is 11.1 Å². The van der Waals surface area contributed by atoms with E-state index in [2.05, 4.69) is 0 Å². The van der Waals surface area contributed by atoms with Crippen LogP contribution in [-0.4, -0.2) is 54.4 Å². The summed E-state index contributed by atoms with van der Waals surface area (Å²) in [6.45, 7) is 4.66. The maximum Gasteiger partial charge on any atom is 0.254 e. The van der Waals surface area contributed by atoms with Crippen LogP contribution in [0.4, 0.5) is 0 Å². The largest absolute Gasteiger partial charge is 0.492 e. The molecule has 0 spiro atoms. The van der Waals surface area contributed by atoms with Crippen LogP contribution in [0.5, 0.6) is 5.75 Å². The molecule has 0 unspecified atom stereocenters. The summed E-state index contributed by atoms with van der Waals surface area (Å²) in [4.78, 5) is 28.7.